The van der Waals surface area contributed by atoms with E-state index in [4.69, 9.17) is 17.3 Å². The maximum atomic E-state index is 11.0. The number of hydrogen-bond acceptors (Lipinski definition) is 2. The molecule has 2 aromatic rings. The van der Waals surface area contributed by atoms with Crippen LogP contribution in [0.3, 0.4) is 0 Å². The molecule has 0 radical (unpaired) electrons. The molecule has 0 spiro atoms. The summed E-state index contributed by atoms with van der Waals surface area (Å²) < 4.78 is 1.05. The largest absolute Gasteiger partial charge is 0.366 e. The predicted octanol–water partition coefficient (Wildman–Crippen LogP) is 3.93. The summed E-state index contributed by atoms with van der Waals surface area (Å²) in [6.07, 6.45) is 0. The SMILES string of the molecule is NC(=O)c1ccc(-c2ccc(Br)s2)cc1Cl. The Morgan fingerprint density at radius 1 is 1.31 bits per heavy atom. The van der Waals surface area contributed by atoms with Crippen molar-refractivity contribution in [1.29, 1.82) is 0 Å². The molecule has 0 fully saturated rings. The van der Waals surface area contributed by atoms with E-state index in [9.17, 15) is 4.79 Å². The highest BCUT2D eigenvalue weighted by molar-refractivity contribution is 9.11. The smallest absolute Gasteiger partial charge is 0.250 e. The molecule has 1 heterocycles. The third-order valence-corrected chi connectivity index (χ3v) is 4.08. The predicted molar refractivity (Wildman–Crippen MR) is 71.0 cm³/mol. The second-order valence-electron chi connectivity index (χ2n) is 3.16. The number of nitrogens with two attached hydrogens (primary N) is 1. The van der Waals surface area contributed by atoms with Gasteiger partial charge in [0, 0.05) is 4.88 Å². The van der Waals surface area contributed by atoms with Gasteiger partial charge in [-0.15, -0.1) is 11.3 Å². The van der Waals surface area contributed by atoms with Gasteiger partial charge in [0.25, 0.3) is 0 Å². The van der Waals surface area contributed by atoms with Crippen molar-refractivity contribution in [3.05, 3.63) is 44.7 Å². The van der Waals surface area contributed by atoms with E-state index in [2.05, 4.69) is 15.9 Å². The normalized spacial score (nSPS) is 10.4. The Morgan fingerprint density at radius 3 is 2.56 bits per heavy atom. The zero-order valence-corrected chi connectivity index (χ0v) is 11.2. The summed E-state index contributed by atoms with van der Waals surface area (Å²) in [6, 6.07) is 9.19. The molecule has 0 saturated heterocycles. The second-order valence-corrected chi connectivity index (χ2v) is 6.03. The van der Waals surface area contributed by atoms with Crippen molar-refractivity contribution >= 4 is 44.8 Å². The lowest BCUT2D eigenvalue weighted by molar-refractivity contribution is 0.100. The number of halogens is 2. The number of carbonyl (C=O) groups is 1. The molecule has 2 rings (SSSR count). The van der Waals surface area contributed by atoms with Crippen molar-refractivity contribution in [2.75, 3.05) is 0 Å². The summed E-state index contributed by atoms with van der Waals surface area (Å²) in [5.74, 6) is -0.510. The third kappa shape index (κ3) is 2.29. The zero-order valence-electron chi connectivity index (χ0n) is 8.04. The fraction of sp³-hybridized carbons (Fsp3) is 0. The first kappa shape index (κ1) is 11.6. The van der Waals surface area contributed by atoms with Crippen LogP contribution in [-0.2, 0) is 0 Å². The molecule has 0 aliphatic heterocycles. The lowest BCUT2D eigenvalue weighted by Crippen LogP contribution is -2.11. The van der Waals surface area contributed by atoms with E-state index in [1.54, 1.807) is 23.5 Å². The molecule has 0 unspecified atom stereocenters. The van der Waals surface area contributed by atoms with Crippen molar-refractivity contribution in [2.24, 2.45) is 5.73 Å². The standard InChI is InChI=1S/C11H7BrClNOS/c12-10-4-3-9(16-10)6-1-2-7(11(14)15)8(13)5-6/h1-5H,(H2,14,15). The summed E-state index contributed by atoms with van der Waals surface area (Å²) in [4.78, 5) is 12.1. The van der Waals surface area contributed by atoms with E-state index in [1.165, 1.54) is 0 Å². The first-order valence-corrected chi connectivity index (χ1v) is 6.42. The van der Waals surface area contributed by atoms with Gasteiger partial charge in [-0.25, -0.2) is 0 Å². The van der Waals surface area contributed by atoms with Gasteiger partial charge in [-0.1, -0.05) is 17.7 Å². The summed E-state index contributed by atoms with van der Waals surface area (Å²) >= 11 is 11.0. The van der Waals surface area contributed by atoms with Gasteiger partial charge in [-0.05, 0) is 45.8 Å². The Hall–Kier alpha value is -0.840. The quantitative estimate of drug-likeness (QED) is 0.896. The van der Waals surface area contributed by atoms with Crippen molar-refractivity contribution in [3.63, 3.8) is 0 Å². The van der Waals surface area contributed by atoms with Gasteiger partial charge in [0.1, 0.15) is 0 Å². The molecular weight excluding hydrogens is 310 g/mol. The lowest BCUT2D eigenvalue weighted by Gasteiger charge is -2.02. The van der Waals surface area contributed by atoms with E-state index < -0.39 is 5.91 Å². The van der Waals surface area contributed by atoms with Crippen LogP contribution in [0.4, 0.5) is 0 Å². The molecule has 1 aromatic carbocycles. The molecule has 82 valence electrons. The Balaban J connectivity index is 2.45. The van der Waals surface area contributed by atoms with Crippen LogP contribution < -0.4 is 5.73 Å². The molecule has 0 bridgehead atoms. The van der Waals surface area contributed by atoms with Crippen LogP contribution in [0, 0.1) is 0 Å². The van der Waals surface area contributed by atoms with Crippen LogP contribution in [0.5, 0.6) is 0 Å². The van der Waals surface area contributed by atoms with Gasteiger partial charge in [0.15, 0.2) is 0 Å². The van der Waals surface area contributed by atoms with Gasteiger partial charge >= 0.3 is 0 Å². The van der Waals surface area contributed by atoms with Crippen LogP contribution in [0.2, 0.25) is 5.02 Å². The second kappa shape index (κ2) is 4.57. The van der Waals surface area contributed by atoms with E-state index >= 15 is 0 Å². The molecule has 0 aliphatic rings. The number of hydrogen-bond donors (Lipinski definition) is 1. The fourth-order valence-corrected chi connectivity index (χ4v) is 2.99. The number of thiophene rings is 1. The number of rotatable bonds is 2. The number of amides is 1. The molecule has 0 saturated carbocycles. The van der Waals surface area contributed by atoms with Crippen LogP contribution in [0.15, 0.2) is 34.1 Å². The van der Waals surface area contributed by atoms with E-state index in [0.29, 0.717) is 10.6 Å². The summed E-state index contributed by atoms with van der Waals surface area (Å²) in [6.45, 7) is 0. The minimum Gasteiger partial charge on any atom is -0.366 e. The molecular formula is C11H7BrClNOS. The van der Waals surface area contributed by atoms with Gasteiger partial charge in [-0.3, -0.25) is 4.79 Å². The van der Waals surface area contributed by atoms with Crippen LogP contribution >= 0.6 is 38.9 Å². The summed E-state index contributed by atoms with van der Waals surface area (Å²) in [5.41, 5.74) is 6.50. The first-order valence-electron chi connectivity index (χ1n) is 4.43. The minimum absolute atomic E-state index is 0.348. The lowest BCUT2D eigenvalue weighted by atomic mass is 10.1. The Morgan fingerprint density at radius 2 is 2.06 bits per heavy atom. The highest BCUT2D eigenvalue weighted by atomic mass is 79.9. The van der Waals surface area contributed by atoms with Gasteiger partial charge in [0.2, 0.25) is 5.91 Å². The number of carbonyl (C=O) groups excluding carboxylic acids is 1. The van der Waals surface area contributed by atoms with Crippen LogP contribution in [0.25, 0.3) is 10.4 Å². The van der Waals surface area contributed by atoms with Crippen LogP contribution in [0.1, 0.15) is 10.4 Å². The van der Waals surface area contributed by atoms with E-state index in [0.717, 1.165) is 14.2 Å². The maximum absolute atomic E-state index is 11.0. The third-order valence-electron chi connectivity index (χ3n) is 2.09. The molecule has 1 aromatic heterocycles. The molecule has 16 heavy (non-hydrogen) atoms. The average molecular weight is 317 g/mol. The van der Waals surface area contributed by atoms with E-state index in [-0.39, 0.29) is 0 Å². The highest BCUT2D eigenvalue weighted by Crippen LogP contribution is 2.33. The summed E-state index contributed by atoms with van der Waals surface area (Å²) in [5, 5.41) is 0.384. The minimum atomic E-state index is -0.510. The molecule has 0 atom stereocenters. The van der Waals surface area contributed by atoms with Crippen LogP contribution in [-0.4, -0.2) is 5.91 Å². The van der Waals surface area contributed by atoms with Crippen molar-refractivity contribution < 1.29 is 4.79 Å². The topological polar surface area (TPSA) is 43.1 Å². The van der Waals surface area contributed by atoms with Crippen molar-refractivity contribution in [3.8, 4) is 10.4 Å². The summed E-state index contributed by atoms with van der Waals surface area (Å²) in [7, 11) is 0. The fourth-order valence-electron chi connectivity index (χ4n) is 1.34. The Labute approximate surface area is 110 Å². The molecule has 1 amide bonds. The van der Waals surface area contributed by atoms with Gasteiger partial charge in [-0.2, -0.15) is 0 Å². The molecule has 0 aliphatic carbocycles. The van der Waals surface area contributed by atoms with Gasteiger partial charge < -0.3 is 5.73 Å². The van der Waals surface area contributed by atoms with E-state index in [1.807, 2.05) is 18.2 Å². The average Bonchev–Trinajstić information content (AvgIpc) is 2.64. The Kier molecular flexibility index (Phi) is 3.33. The first-order chi connectivity index (χ1) is 7.58. The number of primary amides is 1. The number of benzene rings is 1. The maximum Gasteiger partial charge on any atom is 0.250 e. The zero-order chi connectivity index (χ0) is 11.7. The Bertz CT molecular complexity index is 553. The van der Waals surface area contributed by atoms with Gasteiger partial charge in [0.05, 0.1) is 14.4 Å². The van der Waals surface area contributed by atoms with Crippen molar-refractivity contribution in [2.45, 2.75) is 0 Å². The highest BCUT2D eigenvalue weighted by Gasteiger charge is 2.08. The molecule has 5 heteroatoms. The van der Waals surface area contributed by atoms with Crippen molar-refractivity contribution in [1.82, 2.24) is 0 Å². The molecule has 2 nitrogen and oxygen atoms in total. The monoisotopic (exact) mass is 315 g/mol. The molecule has 2 N–H and O–H groups in total.